The van der Waals surface area contributed by atoms with Gasteiger partial charge in [-0.25, -0.2) is 4.98 Å². The number of nitrogens with zero attached hydrogens (tertiary/aromatic N) is 3. The molecule has 0 atom stereocenters. The van der Waals surface area contributed by atoms with Gasteiger partial charge < -0.3 is 18.9 Å². The summed E-state index contributed by atoms with van der Waals surface area (Å²) in [6, 6.07) is 11.1. The standard InChI is InChI=1S/C23H29ClN4O3/c1-5-27(6-2)12-13-28-19-11-9-8-10-18(19)25-23(28)26-22(29)16-14-17(24)21(31-7-3)20(15-16)30-4/h8-11,14-15H,5-7,12-13H2,1-4H3,(H,25,26,29). The van der Waals surface area contributed by atoms with Crippen molar-refractivity contribution in [3.63, 3.8) is 0 Å². The topological polar surface area (TPSA) is 68.6 Å². The first-order valence-corrected chi connectivity index (χ1v) is 10.9. The van der Waals surface area contributed by atoms with E-state index >= 15 is 0 Å². The van der Waals surface area contributed by atoms with Gasteiger partial charge in [0.1, 0.15) is 0 Å². The highest BCUT2D eigenvalue weighted by Crippen LogP contribution is 2.36. The van der Waals surface area contributed by atoms with Gasteiger partial charge in [0.15, 0.2) is 11.5 Å². The zero-order chi connectivity index (χ0) is 22.4. The van der Waals surface area contributed by atoms with Gasteiger partial charge in [0, 0.05) is 18.7 Å². The lowest BCUT2D eigenvalue weighted by Crippen LogP contribution is -2.27. The van der Waals surface area contributed by atoms with Crippen LogP contribution in [-0.4, -0.2) is 53.7 Å². The molecule has 0 bridgehead atoms. The normalized spacial score (nSPS) is 11.2. The summed E-state index contributed by atoms with van der Waals surface area (Å²) in [4.78, 5) is 20.0. The largest absolute Gasteiger partial charge is 0.493 e. The second-order valence-electron chi connectivity index (χ2n) is 6.98. The van der Waals surface area contributed by atoms with Crippen molar-refractivity contribution in [2.45, 2.75) is 27.3 Å². The van der Waals surface area contributed by atoms with Crippen LogP contribution in [0.4, 0.5) is 5.95 Å². The maximum atomic E-state index is 13.1. The minimum Gasteiger partial charge on any atom is -0.493 e. The number of carbonyl (C=O) groups excluding carboxylic acids is 1. The molecule has 7 nitrogen and oxygen atoms in total. The molecule has 3 rings (SSSR count). The van der Waals surface area contributed by atoms with Gasteiger partial charge in [-0.2, -0.15) is 0 Å². The average molecular weight is 445 g/mol. The molecule has 0 aliphatic rings. The Bertz CT molecular complexity index is 1050. The predicted octanol–water partition coefficient (Wildman–Crippen LogP) is 4.69. The zero-order valence-electron chi connectivity index (χ0n) is 18.4. The Balaban J connectivity index is 1.91. The summed E-state index contributed by atoms with van der Waals surface area (Å²) in [5.74, 6) is 1.02. The molecule has 1 aromatic heterocycles. The second-order valence-corrected chi connectivity index (χ2v) is 7.39. The van der Waals surface area contributed by atoms with Gasteiger partial charge in [-0.15, -0.1) is 0 Å². The highest BCUT2D eigenvalue weighted by Gasteiger charge is 2.19. The summed E-state index contributed by atoms with van der Waals surface area (Å²) in [5.41, 5.74) is 2.18. The van der Waals surface area contributed by atoms with E-state index in [9.17, 15) is 4.79 Å². The number of hydrogen-bond donors (Lipinski definition) is 1. The van der Waals surface area contributed by atoms with Crippen molar-refractivity contribution in [2.75, 3.05) is 38.7 Å². The highest BCUT2D eigenvalue weighted by molar-refractivity contribution is 6.32. The van der Waals surface area contributed by atoms with Crippen molar-refractivity contribution >= 4 is 34.5 Å². The molecule has 166 valence electrons. The van der Waals surface area contributed by atoms with E-state index in [1.807, 2.05) is 35.8 Å². The SMILES string of the molecule is CCOc1c(Cl)cc(C(=O)Nc2nc3ccccc3n2CCN(CC)CC)cc1OC. The predicted molar refractivity (Wildman–Crippen MR) is 125 cm³/mol. The molecule has 0 unspecified atom stereocenters. The van der Waals surface area contributed by atoms with E-state index in [2.05, 4.69) is 29.0 Å². The Hall–Kier alpha value is -2.77. The number of ether oxygens (including phenoxy) is 2. The Labute approximate surface area is 187 Å². The van der Waals surface area contributed by atoms with Crippen LogP contribution in [0.2, 0.25) is 5.02 Å². The molecule has 8 heteroatoms. The van der Waals surface area contributed by atoms with E-state index in [0.29, 0.717) is 41.2 Å². The van der Waals surface area contributed by atoms with Crippen LogP contribution in [0, 0.1) is 0 Å². The first kappa shape index (κ1) is 22.9. The highest BCUT2D eigenvalue weighted by atomic mass is 35.5. The summed E-state index contributed by atoms with van der Waals surface area (Å²) in [6.07, 6.45) is 0. The molecule has 0 spiro atoms. The third kappa shape index (κ3) is 5.11. The second kappa shape index (κ2) is 10.5. The van der Waals surface area contributed by atoms with Crippen LogP contribution in [0.25, 0.3) is 11.0 Å². The van der Waals surface area contributed by atoms with Crippen LogP contribution in [0.1, 0.15) is 31.1 Å². The van der Waals surface area contributed by atoms with Crippen LogP contribution in [0.3, 0.4) is 0 Å². The lowest BCUT2D eigenvalue weighted by atomic mass is 10.2. The molecule has 1 amide bonds. The number of anilines is 1. The van der Waals surface area contributed by atoms with Gasteiger partial charge in [-0.05, 0) is 44.3 Å². The Morgan fingerprint density at radius 3 is 2.61 bits per heavy atom. The molecule has 31 heavy (non-hydrogen) atoms. The summed E-state index contributed by atoms with van der Waals surface area (Å²) in [6.45, 7) is 10.1. The van der Waals surface area contributed by atoms with Gasteiger partial charge in [-0.1, -0.05) is 37.6 Å². The molecule has 2 aromatic carbocycles. The van der Waals surface area contributed by atoms with Crippen LogP contribution >= 0.6 is 11.6 Å². The number of hydrogen-bond acceptors (Lipinski definition) is 5. The molecule has 0 saturated carbocycles. The number of imidazole rings is 1. The molecular formula is C23H29ClN4O3. The van der Waals surface area contributed by atoms with Gasteiger partial charge >= 0.3 is 0 Å². The molecule has 0 saturated heterocycles. The Morgan fingerprint density at radius 2 is 1.94 bits per heavy atom. The number of likely N-dealkylation sites (N-methyl/N-ethyl adjacent to an activating group) is 1. The number of rotatable bonds is 10. The van der Waals surface area contributed by atoms with Crippen LogP contribution < -0.4 is 14.8 Å². The van der Waals surface area contributed by atoms with Crippen LogP contribution in [-0.2, 0) is 6.54 Å². The average Bonchev–Trinajstić information content (AvgIpc) is 3.12. The number of carbonyl (C=O) groups is 1. The van der Waals surface area contributed by atoms with Gasteiger partial charge in [0.25, 0.3) is 5.91 Å². The number of methoxy groups -OCH3 is 1. The molecular weight excluding hydrogens is 416 g/mol. The molecule has 0 radical (unpaired) electrons. The minimum atomic E-state index is -0.317. The number of para-hydroxylation sites is 2. The van der Waals surface area contributed by atoms with Crippen molar-refractivity contribution in [3.05, 3.63) is 47.0 Å². The lowest BCUT2D eigenvalue weighted by molar-refractivity contribution is 0.102. The number of amides is 1. The first-order valence-electron chi connectivity index (χ1n) is 10.5. The number of aromatic nitrogens is 2. The smallest absolute Gasteiger partial charge is 0.258 e. The fourth-order valence-electron chi connectivity index (χ4n) is 3.49. The van der Waals surface area contributed by atoms with E-state index in [1.54, 1.807) is 12.1 Å². The van der Waals surface area contributed by atoms with Crippen molar-refractivity contribution < 1.29 is 14.3 Å². The summed E-state index contributed by atoms with van der Waals surface area (Å²) >= 11 is 6.34. The first-order chi connectivity index (χ1) is 15.0. The lowest BCUT2D eigenvalue weighted by Gasteiger charge is -2.19. The monoisotopic (exact) mass is 444 g/mol. The van der Waals surface area contributed by atoms with Crippen molar-refractivity contribution in [1.82, 2.24) is 14.5 Å². The number of fused-ring (bicyclic) bond motifs is 1. The third-order valence-corrected chi connectivity index (χ3v) is 5.48. The molecule has 0 aliphatic heterocycles. The minimum absolute atomic E-state index is 0.317. The molecule has 1 heterocycles. The molecule has 1 N–H and O–H groups in total. The number of halogens is 1. The number of nitrogens with one attached hydrogen (secondary N) is 1. The van der Waals surface area contributed by atoms with E-state index in [-0.39, 0.29) is 5.91 Å². The van der Waals surface area contributed by atoms with E-state index in [0.717, 1.165) is 30.7 Å². The zero-order valence-corrected chi connectivity index (χ0v) is 19.2. The van der Waals surface area contributed by atoms with Crippen molar-refractivity contribution in [1.29, 1.82) is 0 Å². The van der Waals surface area contributed by atoms with Crippen LogP contribution in [0.15, 0.2) is 36.4 Å². The van der Waals surface area contributed by atoms with Gasteiger partial charge in [0.05, 0.1) is 29.8 Å². The quantitative estimate of drug-likeness (QED) is 0.491. The van der Waals surface area contributed by atoms with Gasteiger partial charge in [-0.3, -0.25) is 10.1 Å². The fraction of sp³-hybridized carbons (Fsp3) is 0.391. The Kier molecular flexibility index (Phi) is 7.76. The fourth-order valence-corrected chi connectivity index (χ4v) is 3.75. The van der Waals surface area contributed by atoms with E-state index < -0.39 is 0 Å². The summed E-state index contributed by atoms with van der Waals surface area (Å²) in [5, 5.41) is 3.27. The third-order valence-electron chi connectivity index (χ3n) is 5.19. The number of benzene rings is 2. The molecule has 0 aliphatic carbocycles. The molecule has 3 aromatic rings. The van der Waals surface area contributed by atoms with Crippen LogP contribution in [0.5, 0.6) is 11.5 Å². The van der Waals surface area contributed by atoms with Crippen molar-refractivity contribution in [2.24, 2.45) is 0 Å². The maximum Gasteiger partial charge on any atom is 0.258 e. The van der Waals surface area contributed by atoms with Gasteiger partial charge in [0.2, 0.25) is 5.95 Å². The Morgan fingerprint density at radius 1 is 1.19 bits per heavy atom. The van der Waals surface area contributed by atoms with E-state index in [1.165, 1.54) is 7.11 Å². The summed E-state index contributed by atoms with van der Waals surface area (Å²) < 4.78 is 12.9. The van der Waals surface area contributed by atoms with Crippen molar-refractivity contribution in [3.8, 4) is 11.5 Å². The summed E-state index contributed by atoms with van der Waals surface area (Å²) in [7, 11) is 1.52. The molecule has 0 fully saturated rings. The van der Waals surface area contributed by atoms with E-state index in [4.69, 9.17) is 21.1 Å². The maximum absolute atomic E-state index is 13.1.